The number of hydrogen-bond acceptors (Lipinski definition) is 28. The number of fused-ring (bicyclic) bond motifs is 2. The lowest BCUT2D eigenvalue weighted by atomic mass is 9.80. The third-order valence-electron chi connectivity index (χ3n) is 25.9. The molecule has 2 heterocycles. The second-order valence-electron chi connectivity index (χ2n) is 35.4. The van der Waals surface area contributed by atoms with Gasteiger partial charge in [0.05, 0.1) is 47.9 Å². The minimum absolute atomic E-state index is 0.0319. The van der Waals surface area contributed by atoms with E-state index >= 15 is 28.8 Å². The molecule has 0 aromatic heterocycles. The van der Waals surface area contributed by atoms with E-state index in [9.17, 15) is 0 Å². The first-order valence-electron chi connectivity index (χ1n) is 47.0. The Labute approximate surface area is 843 Å². The van der Waals surface area contributed by atoms with Crippen LogP contribution in [-0.4, -0.2) is 167 Å². The first kappa shape index (κ1) is 102. The number of hydrogen-bond donors (Lipinski definition) is 0. The van der Waals surface area contributed by atoms with Crippen LogP contribution in [0.2, 0.25) is 0 Å². The van der Waals surface area contributed by atoms with Crippen LogP contribution in [0, 0.1) is 11.8 Å². The first-order chi connectivity index (χ1) is 70.7. The average Bonchev–Trinajstić information content (AvgIpc) is 0.667. The van der Waals surface area contributed by atoms with Crippen molar-refractivity contribution in [2.24, 2.45) is 11.8 Å². The Morgan fingerprint density at radius 3 is 0.623 bits per heavy atom. The van der Waals surface area contributed by atoms with Crippen molar-refractivity contribution in [2.45, 2.75) is 103 Å². The highest BCUT2D eigenvalue weighted by Gasteiger charge is 2.49. The molecule has 2 aliphatic rings. The van der Waals surface area contributed by atoms with Crippen LogP contribution in [0.15, 0.2) is 279 Å². The largest absolute Gasteiger partial charge is 0.459 e. The molecule has 30 heteroatoms. The number of rotatable bonds is 46. The number of carbonyl (C=O) groups is 6. The zero-order valence-corrected chi connectivity index (χ0v) is 83.4. The Bertz CT molecular complexity index is 6450. The molecule has 17 rings (SSSR count). The maximum atomic E-state index is 16.9. The van der Waals surface area contributed by atoms with Gasteiger partial charge in [0.2, 0.25) is 0 Å². The molecule has 0 spiro atoms. The Hall–Kier alpha value is -15.3. The summed E-state index contributed by atoms with van der Waals surface area (Å²) in [6.07, 6.45) is 0.734. The Morgan fingerprint density at radius 2 is 0.425 bits per heavy atom. The molecule has 0 bridgehead atoms. The molecule has 0 N–H and O–H groups in total. The highest BCUT2D eigenvalue weighted by molar-refractivity contribution is 6.45. The summed E-state index contributed by atoms with van der Waals surface area (Å²) in [5.41, 5.74) is 3.71. The van der Waals surface area contributed by atoms with Gasteiger partial charge in [-0.3, -0.25) is 29.0 Å². The van der Waals surface area contributed by atoms with Gasteiger partial charge in [-0.15, -0.1) is 0 Å². The summed E-state index contributed by atoms with van der Waals surface area (Å²) in [5.74, 6) is -9.27. The maximum Gasteiger partial charge on any atom is 0.329 e. The number of methoxy groups -OCH3 is 12. The molecule has 0 fully saturated rings. The van der Waals surface area contributed by atoms with Crippen molar-refractivity contribution in [3.63, 3.8) is 0 Å². The smallest absolute Gasteiger partial charge is 0.329 e. The summed E-state index contributed by atoms with van der Waals surface area (Å²) in [4.78, 5) is 100. The fourth-order valence-corrected chi connectivity index (χ4v) is 18.4. The van der Waals surface area contributed by atoms with Gasteiger partial charge in [-0.05, 0) is 215 Å². The lowest BCUT2D eigenvalue weighted by Crippen LogP contribution is -2.53. The van der Waals surface area contributed by atoms with E-state index in [1.165, 1.54) is 110 Å². The van der Waals surface area contributed by atoms with Crippen molar-refractivity contribution in [1.29, 1.82) is 0 Å². The number of imide groups is 2. The van der Waals surface area contributed by atoms with Crippen LogP contribution < -0.4 is 37.9 Å². The molecule has 30 nitrogen and oxygen atoms in total. The molecular formula is C116H110N2O28. The number of benzene rings is 15. The van der Waals surface area contributed by atoms with Gasteiger partial charge in [-0.2, -0.15) is 0 Å². The summed E-state index contributed by atoms with van der Waals surface area (Å²) in [5, 5.41) is 0.698. The van der Waals surface area contributed by atoms with E-state index in [1.807, 2.05) is 84.9 Å². The van der Waals surface area contributed by atoms with Crippen molar-refractivity contribution in [3.05, 3.63) is 335 Å². The number of esters is 2. The second kappa shape index (κ2) is 44.1. The van der Waals surface area contributed by atoms with Gasteiger partial charge in [-0.25, -0.2) is 9.59 Å². The van der Waals surface area contributed by atoms with E-state index in [0.29, 0.717) is 57.1 Å². The van der Waals surface area contributed by atoms with Gasteiger partial charge in [0, 0.05) is 128 Å². The van der Waals surface area contributed by atoms with Crippen molar-refractivity contribution < 1.29 is 133 Å². The fraction of sp³-hybridized carbons (Fsp3) is 0.259. The van der Waals surface area contributed by atoms with Crippen LogP contribution in [-0.2, 0) is 115 Å². The molecule has 15 aromatic rings. The molecule has 2 unspecified atom stereocenters. The normalized spacial score (nSPS) is 13.3. The van der Waals surface area contributed by atoms with Crippen LogP contribution >= 0.6 is 0 Å². The van der Waals surface area contributed by atoms with Gasteiger partial charge in [0.1, 0.15) is 117 Å². The molecule has 0 saturated carbocycles. The van der Waals surface area contributed by atoms with Gasteiger partial charge < -0.3 is 104 Å². The summed E-state index contributed by atoms with van der Waals surface area (Å²) in [6, 6.07) is 76.6. The predicted molar refractivity (Wildman–Crippen MR) is 540 cm³/mol. The molecule has 0 radical (unpaired) electrons. The van der Waals surface area contributed by atoms with Crippen LogP contribution in [0.3, 0.4) is 0 Å². The standard InChI is InChI=1S/C116H110N2O28/c1-69(2)105(111(123)137-67-71-27-19-17-20-28-71)117-107(119)89-59-93(143-81-47-39-77(40-48-81)139-85-35-23-31-73(55-85)63-113(125-5,126-6)127-7)99-101-95(145-83-51-43-79(44-52-83)141-87-37-25-33-75(57-87)65-115(131-11,132-12)133-13)61-91-98-92(110(122)118(109(91)121)106(70(3)4)112(124)138-68-72-29-21-18-22-30-72)62-96(146-84-53-45-80(46-54-84)142-88-38-26-34-76(58-88)66-116(134-14,135-15)136-16)102(104(98)101)100-94(60-90(108(117)120)97(89)103(99)100)144-82-49-41-78(42-50-82)140-86-36-24-32-74(56-86)64-114(128-8,129-9)130-10/h17-62,69-70,105-106H,63-68H2,1-16H3. The number of carbonyl (C=O) groups excluding carboxylic acids is 6. The zero-order chi connectivity index (χ0) is 103. The summed E-state index contributed by atoms with van der Waals surface area (Å²) in [6.45, 7) is 6.39. The van der Waals surface area contributed by atoms with E-state index in [2.05, 4.69) is 0 Å². The topological polar surface area (TPSA) is 312 Å². The number of ether oxygens (including phenoxy) is 22. The van der Waals surface area contributed by atoms with Gasteiger partial charge >= 0.3 is 11.9 Å². The van der Waals surface area contributed by atoms with E-state index in [-0.39, 0.29) is 150 Å². The van der Waals surface area contributed by atoms with Gasteiger partial charge in [-0.1, -0.05) is 137 Å². The quantitative estimate of drug-likeness (QED) is 0.0112. The summed E-state index contributed by atoms with van der Waals surface area (Å²) < 4.78 is 136. The molecule has 146 heavy (non-hydrogen) atoms. The van der Waals surface area contributed by atoms with Crippen LogP contribution in [0.5, 0.6) is 92.0 Å². The number of nitrogens with zero attached hydrogens (tertiary/aromatic N) is 2. The van der Waals surface area contributed by atoms with E-state index in [1.54, 1.807) is 198 Å². The molecule has 0 aliphatic carbocycles. The molecule has 2 atom stereocenters. The Morgan fingerprint density at radius 1 is 0.226 bits per heavy atom. The summed E-state index contributed by atoms with van der Waals surface area (Å²) >= 11 is 0. The monoisotopic (exact) mass is 1980 g/mol. The third-order valence-corrected chi connectivity index (χ3v) is 25.9. The molecule has 752 valence electrons. The van der Waals surface area contributed by atoms with E-state index in [4.69, 9.17) is 104 Å². The molecule has 4 amide bonds. The highest BCUT2D eigenvalue weighted by atomic mass is 16.9. The van der Waals surface area contributed by atoms with Crippen molar-refractivity contribution >= 4 is 78.7 Å². The molecule has 15 aromatic carbocycles. The maximum absolute atomic E-state index is 16.9. The van der Waals surface area contributed by atoms with Gasteiger partial charge in [0.25, 0.3) is 47.5 Å². The molecular weight excluding hydrogens is 1870 g/mol. The average molecular weight is 1980 g/mol. The first-order valence-corrected chi connectivity index (χ1v) is 47.0. The minimum atomic E-state index is -1.58. The van der Waals surface area contributed by atoms with E-state index < -0.39 is 83.4 Å². The summed E-state index contributed by atoms with van der Waals surface area (Å²) in [7, 11) is 17.8. The SMILES string of the molecule is COC(Cc1cccc(Oc2ccc(Oc3cc4c5c(cc(Oc6ccc(Oc7cccc(CC(OC)(OC)OC)c7)cc6)c6c7c(Oc8ccc(Oc9cccc(CC(OC)(OC)OC)c9)cc8)cc8c9c(cc(Oc%10ccc(Oc%11cccc(CC(OC)(OC)OC)c%11)cc%10)c(c3c56)c97)C(=O)N(C(C(=O)OCc3ccccc3)C(C)C)C8=O)C(=O)N(C(C(=O)OCc3ccccc3)C(C)C)C4=O)cc2)c1)(OC)OC. The minimum Gasteiger partial charge on any atom is -0.459 e. The zero-order valence-electron chi connectivity index (χ0n) is 83.4. The van der Waals surface area contributed by atoms with Crippen LogP contribution in [0.1, 0.15) is 103 Å². The number of amides is 4. The van der Waals surface area contributed by atoms with Crippen molar-refractivity contribution in [3.8, 4) is 92.0 Å². The lowest BCUT2D eigenvalue weighted by Gasteiger charge is -2.36. The fourth-order valence-electron chi connectivity index (χ4n) is 18.4. The Kier molecular flexibility index (Phi) is 30.9. The second-order valence-corrected chi connectivity index (χ2v) is 35.4. The van der Waals surface area contributed by atoms with Crippen molar-refractivity contribution in [1.82, 2.24) is 9.80 Å². The molecule has 0 saturated heterocycles. The Balaban J connectivity index is 0.935. The van der Waals surface area contributed by atoms with E-state index in [0.717, 1.165) is 32.1 Å². The van der Waals surface area contributed by atoms with Crippen molar-refractivity contribution in [2.75, 3.05) is 85.3 Å². The van der Waals surface area contributed by atoms with Gasteiger partial charge in [0.15, 0.2) is 0 Å². The van der Waals surface area contributed by atoms with Crippen LogP contribution in [0.4, 0.5) is 0 Å². The predicted octanol–water partition coefficient (Wildman–Crippen LogP) is 23.3. The highest BCUT2D eigenvalue weighted by Crippen LogP contribution is 2.59. The third kappa shape index (κ3) is 21.2. The van der Waals surface area contributed by atoms with Crippen LogP contribution in [0.25, 0.3) is 43.1 Å². The molecule has 2 aliphatic heterocycles. The lowest BCUT2D eigenvalue weighted by molar-refractivity contribution is -0.351.